The number of ether oxygens (including phenoxy) is 1. The van der Waals surface area contributed by atoms with Crippen LogP contribution in [-0.4, -0.2) is 45.4 Å². The lowest BCUT2D eigenvalue weighted by atomic mass is 9.82. The van der Waals surface area contributed by atoms with Crippen LogP contribution in [0.4, 0.5) is 5.69 Å². The fourth-order valence-corrected chi connectivity index (χ4v) is 4.19. The molecule has 7 nitrogen and oxygen atoms in total. The maximum atomic E-state index is 11.7. The molecule has 1 fully saturated rings. The average molecular weight is 439 g/mol. The van der Waals surface area contributed by atoms with Crippen LogP contribution in [0.2, 0.25) is 0 Å². The number of amides is 1. The maximum absolute atomic E-state index is 11.7. The van der Waals surface area contributed by atoms with E-state index in [2.05, 4.69) is 15.8 Å². The van der Waals surface area contributed by atoms with Gasteiger partial charge in [0.2, 0.25) is 5.91 Å². The first-order valence-electron chi connectivity index (χ1n) is 10.3. The quantitative estimate of drug-likeness (QED) is 0.491. The van der Waals surface area contributed by atoms with Crippen molar-refractivity contribution in [2.24, 2.45) is 5.10 Å². The highest BCUT2D eigenvalue weighted by Gasteiger charge is 2.42. The standard InChI is InChI=1S/C23H26N4O3S/c1-15-3-5-17(6-4-15)24-22(31)26-25-20-14-23(9-11-27(12-10-23)16(2)28)30-21-8-7-18(29)13-19(20)21/h3-8,13,29H,9-12,14H2,1-2H3,(H2,24,26,31)/b25-20-. The van der Waals surface area contributed by atoms with E-state index in [1.54, 1.807) is 25.1 Å². The Bertz CT molecular complexity index is 1030. The van der Waals surface area contributed by atoms with E-state index in [1.165, 1.54) is 5.56 Å². The molecule has 2 aliphatic rings. The second kappa shape index (κ2) is 8.55. The van der Waals surface area contributed by atoms with Gasteiger partial charge in [0.25, 0.3) is 0 Å². The summed E-state index contributed by atoms with van der Waals surface area (Å²) in [6.07, 6.45) is 2.01. The number of phenols is 1. The van der Waals surface area contributed by atoms with E-state index in [0.29, 0.717) is 30.4 Å². The third kappa shape index (κ3) is 4.80. The van der Waals surface area contributed by atoms with Crippen LogP contribution in [0.1, 0.15) is 37.3 Å². The zero-order valence-electron chi connectivity index (χ0n) is 17.6. The summed E-state index contributed by atoms with van der Waals surface area (Å²) in [5.41, 5.74) is 6.06. The number of hydrogen-bond donors (Lipinski definition) is 3. The predicted octanol–water partition coefficient (Wildman–Crippen LogP) is 3.55. The predicted molar refractivity (Wildman–Crippen MR) is 125 cm³/mol. The van der Waals surface area contributed by atoms with E-state index in [-0.39, 0.29) is 11.7 Å². The lowest BCUT2D eigenvalue weighted by Crippen LogP contribution is -2.52. The van der Waals surface area contributed by atoms with Gasteiger partial charge in [-0.2, -0.15) is 5.10 Å². The summed E-state index contributed by atoms with van der Waals surface area (Å²) < 4.78 is 6.38. The van der Waals surface area contributed by atoms with Gasteiger partial charge in [-0.15, -0.1) is 0 Å². The molecule has 162 valence electrons. The van der Waals surface area contributed by atoms with Crippen LogP contribution in [0.15, 0.2) is 47.6 Å². The Kier molecular flexibility index (Phi) is 5.82. The van der Waals surface area contributed by atoms with Crippen molar-refractivity contribution in [3.8, 4) is 11.5 Å². The highest BCUT2D eigenvalue weighted by Crippen LogP contribution is 2.40. The summed E-state index contributed by atoms with van der Waals surface area (Å²) in [4.78, 5) is 13.6. The van der Waals surface area contributed by atoms with Gasteiger partial charge in [0.15, 0.2) is 5.11 Å². The number of hydrazone groups is 1. The summed E-state index contributed by atoms with van der Waals surface area (Å²) in [7, 11) is 0. The number of aromatic hydroxyl groups is 1. The molecule has 3 N–H and O–H groups in total. The summed E-state index contributed by atoms with van der Waals surface area (Å²) in [6, 6.07) is 12.9. The number of fused-ring (bicyclic) bond motifs is 1. The molecule has 0 aliphatic carbocycles. The normalized spacial score (nSPS) is 18.3. The number of nitrogens with zero attached hydrogens (tertiary/aromatic N) is 2. The highest BCUT2D eigenvalue weighted by molar-refractivity contribution is 7.80. The van der Waals surface area contributed by atoms with Crippen molar-refractivity contribution >= 4 is 34.6 Å². The van der Waals surface area contributed by atoms with Crippen LogP contribution in [-0.2, 0) is 4.79 Å². The van der Waals surface area contributed by atoms with Gasteiger partial charge in [0.05, 0.1) is 5.71 Å². The van der Waals surface area contributed by atoms with Crippen molar-refractivity contribution in [3.63, 3.8) is 0 Å². The molecule has 1 amide bonds. The zero-order chi connectivity index (χ0) is 22.0. The smallest absolute Gasteiger partial charge is 0.219 e. The van der Waals surface area contributed by atoms with Gasteiger partial charge in [-0.1, -0.05) is 17.7 Å². The van der Waals surface area contributed by atoms with Crippen LogP contribution in [0.5, 0.6) is 11.5 Å². The van der Waals surface area contributed by atoms with Gasteiger partial charge in [-0.05, 0) is 49.5 Å². The number of carbonyl (C=O) groups is 1. The minimum Gasteiger partial charge on any atom is -0.508 e. The Labute approximate surface area is 187 Å². The Morgan fingerprint density at radius 2 is 1.90 bits per heavy atom. The molecular weight excluding hydrogens is 412 g/mol. The lowest BCUT2D eigenvalue weighted by molar-refractivity contribution is -0.132. The topological polar surface area (TPSA) is 86.2 Å². The summed E-state index contributed by atoms with van der Waals surface area (Å²) in [6.45, 7) is 4.92. The Balaban J connectivity index is 1.53. The molecule has 2 aromatic rings. The van der Waals surface area contributed by atoms with Crippen molar-refractivity contribution in [2.45, 2.75) is 38.7 Å². The SMILES string of the molecule is CC(=O)N1CCC2(CC1)C/C(=N/NC(=S)Nc1ccc(C)cc1)c1cc(O)ccc1O2. The van der Waals surface area contributed by atoms with Crippen molar-refractivity contribution in [1.29, 1.82) is 0 Å². The molecule has 4 rings (SSSR count). The van der Waals surface area contributed by atoms with Crippen molar-refractivity contribution in [2.75, 3.05) is 18.4 Å². The van der Waals surface area contributed by atoms with E-state index in [4.69, 9.17) is 17.0 Å². The number of carbonyl (C=O) groups excluding carboxylic acids is 1. The van der Waals surface area contributed by atoms with E-state index >= 15 is 0 Å². The van der Waals surface area contributed by atoms with Gasteiger partial charge in [-0.3, -0.25) is 10.2 Å². The van der Waals surface area contributed by atoms with Gasteiger partial charge in [0.1, 0.15) is 17.1 Å². The van der Waals surface area contributed by atoms with E-state index in [9.17, 15) is 9.90 Å². The summed E-state index contributed by atoms with van der Waals surface area (Å²) in [5.74, 6) is 0.912. The summed E-state index contributed by atoms with van der Waals surface area (Å²) in [5, 5.41) is 18.1. The Hall–Kier alpha value is -3.13. The van der Waals surface area contributed by atoms with Crippen molar-refractivity contribution in [3.05, 3.63) is 53.6 Å². The molecule has 2 aliphatic heterocycles. The van der Waals surface area contributed by atoms with Gasteiger partial charge in [-0.25, -0.2) is 0 Å². The zero-order valence-corrected chi connectivity index (χ0v) is 18.5. The molecule has 31 heavy (non-hydrogen) atoms. The van der Waals surface area contributed by atoms with Crippen LogP contribution < -0.4 is 15.5 Å². The van der Waals surface area contributed by atoms with E-state index in [0.717, 1.165) is 29.8 Å². The minimum atomic E-state index is -0.428. The number of nitrogens with one attached hydrogen (secondary N) is 2. The third-order valence-electron chi connectivity index (χ3n) is 5.81. The molecule has 2 aromatic carbocycles. The number of rotatable bonds is 2. The number of thiocarbonyl (C=S) groups is 1. The number of likely N-dealkylation sites (tertiary alicyclic amines) is 1. The fourth-order valence-electron chi connectivity index (χ4n) is 4.02. The average Bonchev–Trinajstić information content (AvgIpc) is 2.74. The molecule has 0 aromatic heterocycles. The maximum Gasteiger partial charge on any atom is 0.219 e. The Morgan fingerprint density at radius 1 is 1.19 bits per heavy atom. The first kappa shape index (κ1) is 21.1. The number of anilines is 1. The Morgan fingerprint density at radius 3 is 2.58 bits per heavy atom. The van der Waals surface area contributed by atoms with E-state index in [1.807, 2.05) is 36.1 Å². The number of aryl methyl sites for hydroxylation is 1. The molecule has 8 heteroatoms. The van der Waals surface area contributed by atoms with Crippen LogP contribution in [0.25, 0.3) is 0 Å². The number of hydrogen-bond acceptors (Lipinski definition) is 5. The van der Waals surface area contributed by atoms with Crippen molar-refractivity contribution < 1.29 is 14.6 Å². The lowest BCUT2D eigenvalue weighted by Gasteiger charge is -2.44. The molecule has 0 bridgehead atoms. The molecule has 1 saturated heterocycles. The van der Waals surface area contributed by atoms with Crippen molar-refractivity contribution in [1.82, 2.24) is 10.3 Å². The molecule has 2 heterocycles. The molecule has 0 saturated carbocycles. The monoisotopic (exact) mass is 438 g/mol. The highest BCUT2D eigenvalue weighted by atomic mass is 32.1. The second-order valence-corrected chi connectivity index (χ2v) is 8.55. The third-order valence-corrected chi connectivity index (χ3v) is 6.01. The number of phenolic OH excluding ortho intramolecular Hbond substituents is 1. The molecular formula is C23H26N4O3S. The molecule has 1 spiro atoms. The van der Waals surface area contributed by atoms with Crippen LogP contribution >= 0.6 is 12.2 Å². The largest absolute Gasteiger partial charge is 0.508 e. The van der Waals surface area contributed by atoms with Gasteiger partial charge < -0.3 is 20.1 Å². The summed E-state index contributed by atoms with van der Waals surface area (Å²) >= 11 is 5.40. The fraction of sp³-hybridized carbons (Fsp3) is 0.348. The van der Waals surface area contributed by atoms with Crippen LogP contribution in [0.3, 0.4) is 0 Å². The van der Waals surface area contributed by atoms with Crippen LogP contribution in [0, 0.1) is 6.92 Å². The second-order valence-electron chi connectivity index (χ2n) is 8.14. The van der Waals surface area contributed by atoms with E-state index < -0.39 is 5.60 Å². The molecule has 0 radical (unpaired) electrons. The van der Waals surface area contributed by atoms with Gasteiger partial charge >= 0.3 is 0 Å². The number of benzene rings is 2. The van der Waals surface area contributed by atoms with Gasteiger partial charge in [0, 0.05) is 50.5 Å². The molecule has 0 atom stereocenters. The number of piperidine rings is 1. The first-order valence-corrected chi connectivity index (χ1v) is 10.7. The minimum absolute atomic E-state index is 0.0825. The molecule has 0 unspecified atom stereocenters. The first-order chi connectivity index (χ1) is 14.8.